The second-order valence-corrected chi connectivity index (χ2v) is 9.03. The molecule has 1 saturated heterocycles. The number of rotatable bonds is 3. The predicted molar refractivity (Wildman–Crippen MR) is 90.8 cm³/mol. The summed E-state index contributed by atoms with van der Waals surface area (Å²) in [4.78, 5) is 3.07. The average molecular weight is 364 g/mol. The fourth-order valence-electron chi connectivity index (χ4n) is 2.72. The van der Waals surface area contributed by atoms with Gasteiger partial charge in [0.2, 0.25) is 0 Å². The zero-order valence-electron chi connectivity index (χ0n) is 13.0. The lowest BCUT2D eigenvalue weighted by Gasteiger charge is -2.34. The highest BCUT2D eigenvalue weighted by atomic mass is 32.2. The van der Waals surface area contributed by atoms with Gasteiger partial charge in [-0.05, 0) is 31.2 Å². The lowest BCUT2D eigenvalue weighted by Crippen LogP contribution is -2.48. The van der Waals surface area contributed by atoms with Gasteiger partial charge in [0.25, 0.3) is 10.0 Å². The summed E-state index contributed by atoms with van der Waals surface area (Å²) in [5, 5.41) is 12.2. The molecule has 8 nitrogen and oxygen atoms in total. The van der Waals surface area contributed by atoms with Crippen molar-refractivity contribution in [1.29, 1.82) is 0 Å². The zero-order valence-corrected chi connectivity index (χ0v) is 14.7. The van der Waals surface area contributed by atoms with Crippen LogP contribution in [0.25, 0.3) is 5.65 Å². The molecular formula is C14H16N6O2S2. The molecule has 0 spiro atoms. The molecule has 0 bridgehead atoms. The van der Waals surface area contributed by atoms with Crippen LogP contribution in [0, 0.1) is 6.92 Å². The normalized spacial score (nSPS) is 16.8. The SMILES string of the molecule is Cc1ccc(S(=O)(=O)N2CCN(c3ccc4nncn4n3)CC2)s1. The number of piperazine rings is 1. The molecule has 0 unspecified atom stereocenters. The Bertz CT molecular complexity index is 972. The van der Waals surface area contributed by atoms with Crippen molar-refractivity contribution >= 4 is 32.8 Å². The summed E-state index contributed by atoms with van der Waals surface area (Å²) in [5.74, 6) is 0.798. The van der Waals surface area contributed by atoms with Gasteiger partial charge >= 0.3 is 0 Å². The van der Waals surface area contributed by atoms with Gasteiger partial charge < -0.3 is 4.90 Å². The third-order valence-electron chi connectivity index (χ3n) is 4.02. The van der Waals surface area contributed by atoms with Crippen molar-refractivity contribution in [2.45, 2.75) is 11.1 Å². The molecule has 0 amide bonds. The van der Waals surface area contributed by atoms with E-state index >= 15 is 0 Å². The Hall–Kier alpha value is -2.04. The summed E-state index contributed by atoms with van der Waals surface area (Å²) in [6, 6.07) is 7.26. The number of nitrogens with zero attached hydrogens (tertiary/aromatic N) is 6. The third kappa shape index (κ3) is 2.66. The largest absolute Gasteiger partial charge is 0.353 e. The summed E-state index contributed by atoms with van der Waals surface area (Å²) in [5.41, 5.74) is 0.688. The van der Waals surface area contributed by atoms with Crippen LogP contribution in [-0.4, -0.2) is 58.7 Å². The highest BCUT2D eigenvalue weighted by Gasteiger charge is 2.30. The molecule has 3 aromatic heterocycles. The number of hydrogen-bond donors (Lipinski definition) is 0. The molecule has 0 aliphatic carbocycles. The maximum Gasteiger partial charge on any atom is 0.252 e. The number of fused-ring (bicyclic) bond motifs is 1. The van der Waals surface area contributed by atoms with E-state index in [1.165, 1.54) is 11.3 Å². The van der Waals surface area contributed by atoms with E-state index in [2.05, 4.69) is 20.2 Å². The topological polar surface area (TPSA) is 83.7 Å². The van der Waals surface area contributed by atoms with Crippen LogP contribution >= 0.6 is 11.3 Å². The molecule has 0 N–H and O–H groups in total. The van der Waals surface area contributed by atoms with E-state index in [9.17, 15) is 8.42 Å². The first-order valence-electron chi connectivity index (χ1n) is 7.53. The third-order valence-corrected chi connectivity index (χ3v) is 7.39. The predicted octanol–water partition coefficient (Wildman–Crippen LogP) is 1.01. The maximum absolute atomic E-state index is 12.7. The van der Waals surface area contributed by atoms with Crippen LogP contribution in [0.3, 0.4) is 0 Å². The summed E-state index contributed by atoms with van der Waals surface area (Å²) < 4.78 is 28.9. The molecule has 3 aromatic rings. The van der Waals surface area contributed by atoms with Gasteiger partial charge in [0, 0.05) is 31.1 Å². The molecule has 1 aliphatic rings. The Labute approximate surface area is 143 Å². The Kier molecular flexibility index (Phi) is 3.74. The van der Waals surface area contributed by atoms with Crippen molar-refractivity contribution in [2.24, 2.45) is 0 Å². The zero-order chi connectivity index (χ0) is 16.7. The minimum Gasteiger partial charge on any atom is -0.353 e. The molecule has 1 fully saturated rings. The molecule has 0 saturated carbocycles. The Balaban J connectivity index is 1.50. The molecular weight excluding hydrogens is 348 g/mol. The van der Waals surface area contributed by atoms with Crippen LogP contribution in [0.5, 0.6) is 0 Å². The Morgan fingerprint density at radius 3 is 2.58 bits per heavy atom. The smallest absolute Gasteiger partial charge is 0.252 e. The molecule has 10 heteroatoms. The number of sulfonamides is 1. The number of aromatic nitrogens is 4. The van der Waals surface area contributed by atoms with Gasteiger partial charge in [0.1, 0.15) is 16.4 Å². The van der Waals surface area contributed by atoms with E-state index in [1.54, 1.807) is 21.2 Å². The van der Waals surface area contributed by atoms with Crippen molar-refractivity contribution in [1.82, 2.24) is 24.1 Å². The minimum absolute atomic E-state index is 0.414. The summed E-state index contributed by atoms with van der Waals surface area (Å²) in [6.07, 6.45) is 1.55. The van der Waals surface area contributed by atoms with E-state index in [4.69, 9.17) is 0 Å². The van der Waals surface area contributed by atoms with Crippen molar-refractivity contribution in [3.05, 3.63) is 35.5 Å². The molecule has 4 rings (SSSR count). The number of aryl methyl sites for hydroxylation is 1. The van der Waals surface area contributed by atoms with E-state index in [1.807, 2.05) is 25.1 Å². The van der Waals surface area contributed by atoms with Crippen molar-refractivity contribution in [3.63, 3.8) is 0 Å². The van der Waals surface area contributed by atoms with Crippen LogP contribution < -0.4 is 4.90 Å². The number of hydrogen-bond acceptors (Lipinski definition) is 7. The van der Waals surface area contributed by atoms with Gasteiger partial charge in [-0.15, -0.1) is 26.6 Å². The first-order valence-corrected chi connectivity index (χ1v) is 9.78. The quantitative estimate of drug-likeness (QED) is 0.690. The lowest BCUT2D eigenvalue weighted by atomic mass is 10.3. The first-order chi connectivity index (χ1) is 11.5. The molecule has 4 heterocycles. The van der Waals surface area contributed by atoms with Crippen LogP contribution in [0.2, 0.25) is 0 Å². The first kappa shape index (κ1) is 15.5. The molecule has 126 valence electrons. The second-order valence-electron chi connectivity index (χ2n) is 5.58. The fourth-order valence-corrected chi connectivity index (χ4v) is 5.58. The maximum atomic E-state index is 12.7. The molecule has 1 aliphatic heterocycles. The molecule has 24 heavy (non-hydrogen) atoms. The summed E-state index contributed by atoms with van der Waals surface area (Å²) >= 11 is 1.32. The number of thiophene rings is 1. The van der Waals surface area contributed by atoms with Gasteiger partial charge in [0.15, 0.2) is 5.65 Å². The van der Waals surface area contributed by atoms with E-state index in [0.29, 0.717) is 36.0 Å². The number of anilines is 1. The second kappa shape index (κ2) is 5.80. The van der Waals surface area contributed by atoms with Crippen molar-refractivity contribution in [3.8, 4) is 0 Å². The van der Waals surface area contributed by atoms with Gasteiger partial charge in [-0.2, -0.15) is 8.82 Å². The van der Waals surface area contributed by atoms with E-state index < -0.39 is 10.0 Å². The monoisotopic (exact) mass is 364 g/mol. The van der Waals surface area contributed by atoms with Crippen LogP contribution in [0.15, 0.2) is 34.8 Å². The van der Waals surface area contributed by atoms with Gasteiger partial charge in [0.05, 0.1) is 0 Å². The van der Waals surface area contributed by atoms with Crippen LogP contribution in [-0.2, 0) is 10.0 Å². The molecule has 0 atom stereocenters. The van der Waals surface area contributed by atoms with Crippen molar-refractivity contribution in [2.75, 3.05) is 31.1 Å². The van der Waals surface area contributed by atoms with Gasteiger partial charge in [-0.3, -0.25) is 0 Å². The lowest BCUT2D eigenvalue weighted by molar-refractivity contribution is 0.384. The highest BCUT2D eigenvalue weighted by Crippen LogP contribution is 2.25. The highest BCUT2D eigenvalue weighted by molar-refractivity contribution is 7.91. The van der Waals surface area contributed by atoms with Gasteiger partial charge in [-0.1, -0.05) is 0 Å². The molecule has 0 aromatic carbocycles. The standard InChI is InChI=1S/C14H16N6O2S2/c1-11-2-5-14(23-11)24(21,22)19-8-6-18(7-9-19)13-4-3-12-16-15-10-20(12)17-13/h2-5,10H,6-9H2,1H3. The van der Waals surface area contributed by atoms with Crippen LogP contribution in [0.1, 0.15) is 4.88 Å². The summed E-state index contributed by atoms with van der Waals surface area (Å²) in [7, 11) is -3.39. The van der Waals surface area contributed by atoms with E-state index in [-0.39, 0.29) is 0 Å². The van der Waals surface area contributed by atoms with Crippen molar-refractivity contribution < 1.29 is 8.42 Å². The average Bonchev–Trinajstić information content (AvgIpc) is 3.23. The summed E-state index contributed by atoms with van der Waals surface area (Å²) in [6.45, 7) is 4.01. The minimum atomic E-state index is -3.39. The Morgan fingerprint density at radius 1 is 1.08 bits per heavy atom. The fraction of sp³-hybridized carbons (Fsp3) is 0.357. The molecule has 0 radical (unpaired) electrons. The van der Waals surface area contributed by atoms with Crippen LogP contribution in [0.4, 0.5) is 5.82 Å². The van der Waals surface area contributed by atoms with E-state index in [0.717, 1.165) is 10.7 Å². The van der Waals surface area contributed by atoms with Gasteiger partial charge in [-0.25, -0.2) is 8.42 Å². The Morgan fingerprint density at radius 2 is 1.88 bits per heavy atom.